The van der Waals surface area contributed by atoms with Gasteiger partial charge in [0.1, 0.15) is 5.60 Å². The maximum atomic E-state index is 14.0. The van der Waals surface area contributed by atoms with Gasteiger partial charge in [0, 0.05) is 25.2 Å². The van der Waals surface area contributed by atoms with Gasteiger partial charge in [0.25, 0.3) is 5.91 Å². The lowest BCUT2D eigenvalue weighted by Gasteiger charge is -2.41. The van der Waals surface area contributed by atoms with E-state index in [-0.39, 0.29) is 24.4 Å². The molecule has 3 rings (SSSR count). The van der Waals surface area contributed by atoms with E-state index in [1.807, 2.05) is 0 Å². The normalized spacial score (nSPS) is 20.0. The quantitative estimate of drug-likeness (QED) is 0.865. The first-order valence-corrected chi connectivity index (χ1v) is 8.10. The van der Waals surface area contributed by atoms with Gasteiger partial charge in [-0.15, -0.1) is 0 Å². The molecule has 1 aliphatic carbocycles. The molecule has 2 fully saturated rings. The van der Waals surface area contributed by atoms with Gasteiger partial charge >= 0.3 is 5.92 Å². The third kappa shape index (κ3) is 3.00. The van der Waals surface area contributed by atoms with Crippen LogP contribution in [0.4, 0.5) is 14.5 Å². The highest BCUT2D eigenvalue weighted by Gasteiger charge is 2.61. The second kappa shape index (κ2) is 6.12. The summed E-state index contributed by atoms with van der Waals surface area (Å²) in [5, 5.41) is 11.9. The maximum absolute atomic E-state index is 14.0. The second-order valence-electron chi connectivity index (χ2n) is 6.53. The van der Waals surface area contributed by atoms with Gasteiger partial charge in [-0.3, -0.25) is 9.59 Å². The Morgan fingerprint density at radius 2 is 1.92 bits per heavy atom. The van der Waals surface area contributed by atoms with Crippen molar-refractivity contribution in [3.05, 3.63) is 29.8 Å². The second-order valence-corrected chi connectivity index (χ2v) is 6.53. The Kier molecular flexibility index (Phi) is 4.29. The SMILES string of the molecule is O=C1CCCN1Cc1ccc(NC(=O)C(F)(F)C2(O)CCC2)cc1. The Hall–Kier alpha value is -2.02. The predicted octanol–water partition coefficient (Wildman–Crippen LogP) is 2.30. The number of nitrogens with zero attached hydrogens (tertiary/aromatic N) is 1. The Labute approximate surface area is 138 Å². The molecule has 1 saturated carbocycles. The summed E-state index contributed by atoms with van der Waals surface area (Å²) in [7, 11) is 0. The highest BCUT2D eigenvalue weighted by Crippen LogP contribution is 2.44. The molecule has 130 valence electrons. The summed E-state index contributed by atoms with van der Waals surface area (Å²) in [5.41, 5.74) is -1.13. The molecule has 2 aliphatic rings. The van der Waals surface area contributed by atoms with Crippen LogP contribution in [0.15, 0.2) is 24.3 Å². The number of nitrogens with one attached hydrogen (secondary N) is 1. The van der Waals surface area contributed by atoms with Crippen molar-refractivity contribution < 1.29 is 23.5 Å². The molecule has 0 spiro atoms. The van der Waals surface area contributed by atoms with Crippen LogP contribution in [0, 0.1) is 0 Å². The third-order valence-electron chi connectivity index (χ3n) is 4.81. The topological polar surface area (TPSA) is 69.6 Å². The molecule has 0 aromatic heterocycles. The van der Waals surface area contributed by atoms with Crippen molar-refractivity contribution in [3.8, 4) is 0 Å². The van der Waals surface area contributed by atoms with E-state index in [1.165, 1.54) is 12.1 Å². The summed E-state index contributed by atoms with van der Waals surface area (Å²) in [6.07, 6.45) is 1.76. The fourth-order valence-electron chi connectivity index (χ4n) is 3.03. The predicted molar refractivity (Wildman–Crippen MR) is 83.5 cm³/mol. The standard InChI is InChI=1S/C17H20F2N2O3/c18-17(19,16(24)8-2-9-16)15(23)20-13-6-4-12(5-7-13)11-21-10-1-3-14(21)22/h4-7,24H,1-3,8-11H2,(H,20,23). The van der Waals surface area contributed by atoms with E-state index < -0.39 is 17.4 Å². The first kappa shape index (κ1) is 16.8. The van der Waals surface area contributed by atoms with E-state index in [1.54, 1.807) is 17.0 Å². The minimum atomic E-state index is -3.81. The Bertz CT molecular complexity index is 642. The van der Waals surface area contributed by atoms with E-state index in [4.69, 9.17) is 0 Å². The molecule has 0 bridgehead atoms. The van der Waals surface area contributed by atoms with Crippen molar-refractivity contribution in [2.45, 2.75) is 50.2 Å². The lowest BCUT2D eigenvalue weighted by atomic mass is 9.75. The molecule has 5 nitrogen and oxygen atoms in total. The van der Waals surface area contributed by atoms with E-state index in [2.05, 4.69) is 5.32 Å². The zero-order chi connectivity index (χ0) is 17.4. The molecule has 1 aliphatic heterocycles. The molecule has 2 N–H and O–H groups in total. The molecule has 0 unspecified atom stereocenters. The number of anilines is 1. The molecule has 7 heteroatoms. The molecule has 1 aromatic carbocycles. The monoisotopic (exact) mass is 338 g/mol. The van der Waals surface area contributed by atoms with Gasteiger partial charge in [0.15, 0.2) is 0 Å². The number of benzene rings is 1. The first-order chi connectivity index (χ1) is 11.3. The minimum Gasteiger partial charge on any atom is -0.383 e. The fraction of sp³-hybridized carbons (Fsp3) is 0.529. The number of likely N-dealkylation sites (tertiary alicyclic amines) is 1. The lowest BCUT2D eigenvalue weighted by Crippen LogP contribution is -2.59. The molecule has 1 aromatic rings. The number of alkyl halides is 2. The van der Waals surface area contributed by atoms with Crippen LogP contribution in [0.5, 0.6) is 0 Å². The Morgan fingerprint density at radius 3 is 2.42 bits per heavy atom. The first-order valence-electron chi connectivity index (χ1n) is 8.10. The van der Waals surface area contributed by atoms with Gasteiger partial charge in [-0.1, -0.05) is 12.1 Å². The largest absolute Gasteiger partial charge is 0.383 e. The van der Waals surface area contributed by atoms with Crippen LogP contribution in [0.25, 0.3) is 0 Å². The van der Waals surface area contributed by atoms with Crippen LogP contribution < -0.4 is 5.32 Å². The fourth-order valence-corrected chi connectivity index (χ4v) is 3.03. The average Bonchev–Trinajstić information content (AvgIpc) is 2.91. The van der Waals surface area contributed by atoms with E-state index in [0.29, 0.717) is 19.4 Å². The van der Waals surface area contributed by atoms with Crippen LogP contribution >= 0.6 is 0 Å². The number of hydrogen-bond donors (Lipinski definition) is 2. The van der Waals surface area contributed by atoms with Crippen molar-refractivity contribution in [3.63, 3.8) is 0 Å². The summed E-state index contributed by atoms with van der Waals surface area (Å²) in [4.78, 5) is 25.1. The molecule has 0 radical (unpaired) electrons. The molecular formula is C17H20F2N2O3. The summed E-state index contributed by atoms with van der Waals surface area (Å²) < 4.78 is 28.0. The molecule has 0 atom stereocenters. The summed E-state index contributed by atoms with van der Waals surface area (Å²) in [6.45, 7) is 1.20. The number of carbonyl (C=O) groups is 2. The van der Waals surface area contributed by atoms with Crippen molar-refractivity contribution >= 4 is 17.5 Å². The minimum absolute atomic E-state index is 0.0732. The highest BCUT2D eigenvalue weighted by atomic mass is 19.3. The molecule has 2 amide bonds. The van der Waals surface area contributed by atoms with Gasteiger partial charge in [-0.2, -0.15) is 8.78 Å². The van der Waals surface area contributed by atoms with Crippen LogP contribution in [0.1, 0.15) is 37.7 Å². The Balaban J connectivity index is 1.61. The lowest BCUT2D eigenvalue weighted by molar-refractivity contribution is -0.212. The van der Waals surface area contributed by atoms with Gasteiger partial charge in [0.2, 0.25) is 5.91 Å². The molecule has 24 heavy (non-hydrogen) atoms. The van der Waals surface area contributed by atoms with Crippen LogP contribution in [-0.2, 0) is 16.1 Å². The summed E-state index contributed by atoms with van der Waals surface area (Å²) in [6, 6.07) is 6.43. The number of rotatable bonds is 5. The summed E-state index contributed by atoms with van der Waals surface area (Å²) >= 11 is 0. The van der Waals surface area contributed by atoms with Crippen LogP contribution in [0.2, 0.25) is 0 Å². The number of aliphatic hydroxyl groups is 1. The van der Waals surface area contributed by atoms with Gasteiger partial charge in [-0.05, 0) is 43.4 Å². The summed E-state index contributed by atoms with van der Waals surface area (Å²) in [5.74, 6) is -5.20. The molecular weight excluding hydrogens is 318 g/mol. The number of hydrogen-bond acceptors (Lipinski definition) is 3. The molecule has 1 saturated heterocycles. The van der Waals surface area contributed by atoms with Gasteiger partial charge in [-0.25, -0.2) is 0 Å². The molecule has 1 heterocycles. The van der Waals surface area contributed by atoms with Crippen molar-refractivity contribution in [1.82, 2.24) is 4.90 Å². The van der Waals surface area contributed by atoms with Crippen molar-refractivity contribution in [2.75, 3.05) is 11.9 Å². The number of halogens is 2. The van der Waals surface area contributed by atoms with Crippen LogP contribution in [0.3, 0.4) is 0 Å². The third-order valence-corrected chi connectivity index (χ3v) is 4.81. The van der Waals surface area contributed by atoms with E-state index >= 15 is 0 Å². The van der Waals surface area contributed by atoms with Crippen molar-refractivity contribution in [2.24, 2.45) is 0 Å². The van der Waals surface area contributed by atoms with Gasteiger partial charge in [0.05, 0.1) is 0 Å². The zero-order valence-corrected chi connectivity index (χ0v) is 13.2. The number of amides is 2. The highest BCUT2D eigenvalue weighted by molar-refractivity contribution is 5.97. The van der Waals surface area contributed by atoms with Crippen LogP contribution in [-0.4, -0.2) is 39.9 Å². The average molecular weight is 338 g/mol. The van der Waals surface area contributed by atoms with Crippen molar-refractivity contribution in [1.29, 1.82) is 0 Å². The number of carbonyl (C=O) groups excluding carboxylic acids is 2. The smallest absolute Gasteiger partial charge is 0.352 e. The van der Waals surface area contributed by atoms with E-state index in [9.17, 15) is 23.5 Å². The van der Waals surface area contributed by atoms with Gasteiger partial charge < -0.3 is 15.3 Å². The van der Waals surface area contributed by atoms with E-state index in [0.717, 1.165) is 18.5 Å². The zero-order valence-electron chi connectivity index (χ0n) is 13.2. The Morgan fingerprint density at radius 1 is 1.25 bits per heavy atom. The maximum Gasteiger partial charge on any atom is 0.352 e.